The zero-order valence-corrected chi connectivity index (χ0v) is 16.1. The van der Waals surface area contributed by atoms with Gasteiger partial charge in [-0.3, -0.25) is 0 Å². The van der Waals surface area contributed by atoms with Crippen molar-refractivity contribution in [3.63, 3.8) is 0 Å². The van der Waals surface area contributed by atoms with Gasteiger partial charge in [0.25, 0.3) is 0 Å². The molecule has 1 saturated carbocycles. The van der Waals surface area contributed by atoms with E-state index in [4.69, 9.17) is 0 Å². The molecule has 10 heteroatoms. The summed E-state index contributed by atoms with van der Waals surface area (Å²) in [6, 6.07) is 1.39. The molecule has 0 spiro atoms. The number of ether oxygens (including phenoxy) is 1. The van der Waals surface area contributed by atoms with Gasteiger partial charge in [0.05, 0.1) is 0 Å². The molecular weight excluding hydrogens is 439 g/mol. The predicted octanol–water partition coefficient (Wildman–Crippen LogP) is 7.68. The molecule has 1 nitrogen and oxygen atoms in total. The third-order valence-electron chi connectivity index (χ3n) is 5.43. The molecule has 0 unspecified atom stereocenters. The monoisotopic (exact) mass is 456 g/mol. The Morgan fingerprint density at radius 3 is 1.87 bits per heavy atom. The molecule has 0 radical (unpaired) electrons. The molecule has 1 fully saturated rings. The first kappa shape index (κ1) is 23.3. The number of hydrogen-bond acceptors (Lipinski definition) is 1. The van der Waals surface area contributed by atoms with E-state index in [1.807, 2.05) is 6.92 Å². The van der Waals surface area contributed by atoms with E-state index in [1.54, 1.807) is 0 Å². The zero-order chi connectivity index (χ0) is 23.1. The Bertz CT molecular complexity index is 937. The number of hydrogen-bond donors (Lipinski definition) is 0. The molecule has 3 rings (SSSR count). The van der Waals surface area contributed by atoms with Crippen LogP contribution in [0.4, 0.5) is 39.5 Å². The minimum absolute atomic E-state index is 0.0597. The molecule has 2 aromatic carbocycles. The smallest absolute Gasteiger partial charge is 0.429 e. The van der Waals surface area contributed by atoms with E-state index in [9.17, 15) is 39.5 Å². The first-order valence-electron chi connectivity index (χ1n) is 9.42. The van der Waals surface area contributed by atoms with E-state index >= 15 is 0 Å². The van der Waals surface area contributed by atoms with Crippen LogP contribution in [0.15, 0.2) is 24.3 Å². The molecule has 170 valence electrons. The minimum Gasteiger partial charge on any atom is -0.429 e. The lowest BCUT2D eigenvalue weighted by molar-refractivity contribution is -0.188. The summed E-state index contributed by atoms with van der Waals surface area (Å²) in [6.07, 6.45) is -7.34. The molecule has 0 heterocycles. The van der Waals surface area contributed by atoms with Crippen LogP contribution in [0, 0.1) is 29.2 Å². The molecule has 0 bridgehead atoms. The van der Waals surface area contributed by atoms with Gasteiger partial charge in [-0.2, -0.15) is 22.0 Å². The maximum absolute atomic E-state index is 14.5. The maximum Gasteiger partial charge on any atom is 0.429 e. The topological polar surface area (TPSA) is 9.23 Å². The fraction of sp³-hybridized carbons (Fsp3) is 0.429. The van der Waals surface area contributed by atoms with Gasteiger partial charge in [-0.1, -0.05) is 25.8 Å². The molecule has 0 N–H and O–H groups in total. The van der Waals surface area contributed by atoms with Crippen molar-refractivity contribution in [2.75, 3.05) is 0 Å². The lowest BCUT2D eigenvalue weighted by atomic mass is 9.79. The molecular formula is C21H17F9O. The minimum atomic E-state index is -5.41. The highest BCUT2D eigenvalue weighted by molar-refractivity contribution is 5.35. The van der Waals surface area contributed by atoms with Gasteiger partial charge in [0.15, 0.2) is 11.6 Å². The van der Waals surface area contributed by atoms with Crippen molar-refractivity contribution in [1.29, 1.82) is 0 Å². The normalized spacial score (nSPS) is 20.1. The van der Waals surface area contributed by atoms with Crippen LogP contribution in [0.3, 0.4) is 0 Å². The highest BCUT2D eigenvalue weighted by Gasteiger charge is 2.42. The summed E-state index contributed by atoms with van der Waals surface area (Å²) in [6.45, 7) is 2.01. The molecule has 0 saturated heterocycles. The summed E-state index contributed by atoms with van der Waals surface area (Å²) in [7, 11) is 0. The summed E-state index contributed by atoms with van der Waals surface area (Å²) in [5.41, 5.74) is -3.89. The molecule has 31 heavy (non-hydrogen) atoms. The molecule has 0 amide bonds. The largest absolute Gasteiger partial charge is 0.429 e. The summed E-state index contributed by atoms with van der Waals surface area (Å²) in [4.78, 5) is 0. The van der Waals surface area contributed by atoms with Crippen LogP contribution in [-0.4, -0.2) is 0 Å². The van der Waals surface area contributed by atoms with Gasteiger partial charge in [0.2, 0.25) is 0 Å². The Balaban J connectivity index is 1.89. The van der Waals surface area contributed by atoms with Crippen molar-refractivity contribution in [1.82, 2.24) is 0 Å². The van der Waals surface area contributed by atoms with Gasteiger partial charge < -0.3 is 4.74 Å². The maximum atomic E-state index is 14.5. The molecule has 0 aliphatic heterocycles. The van der Waals surface area contributed by atoms with Crippen molar-refractivity contribution in [2.24, 2.45) is 5.92 Å². The molecule has 0 aromatic heterocycles. The lowest BCUT2D eigenvalue weighted by Gasteiger charge is -2.27. The van der Waals surface area contributed by atoms with E-state index in [-0.39, 0.29) is 23.6 Å². The Labute approximate surface area is 171 Å². The fourth-order valence-electron chi connectivity index (χ4n) is 3.76. The van der Waals surface area contributed by atoms with Crippen LogP contribution in [0.1, 0.15) is 55.2 Å². The SMILES string of the molecule is CC1CCC(c2ccc(C(F)(F)Oc3cc(F)c(C(F)(F)F)c(F)c3)c(F)c2F)CC1. The van der Waals surface area contributed by atoms with E-state index < -0.39 is 52.4 Å². The zero-order valence-electron chi connectivity index (χ0n) is 16.1. The second-order valence-electron chi connectivity index (χ2n) is 7.67. The van der Waals surface area contributed by atoms with Crippen molar-refractivity contribution in [3.05, 3.63) is 64.2 Å². The van der Waals surface area contributed by atoms with Gasteiger partial charge in [-0.15, -0.1) is 0 Å². The Morgan fingerprint density at radius 2 is 1.35 bits per heavy atom. The fourth-order valence-corrected chi connectivity index (χ4v) is 3.76. The second kappa shape index (κ2) is 8.27. The van der Waals surface area contributed by atoms with Crippen molar-refractivity contribution >= 4 is 0 Å². The molecule has 2 aromatic rings. The summed E-state index contributed by atoms with van der Waals surface area (Å²) in [5.74, 6) is -8.99. The average molecular weight is 456 g/mol. The van der Waals surface area contributed by atoms with Gasteiger partial charge >= 0.3 is 12.3 Å². The number of halogens is 9. The van der Waals surface area contributed by atoms with Gasteiger partial charge in [0, 0.05) is 12.1 Å². The molecule has 1 aliphatic rings. The summed E-state index contributed by atoms with van der Waals surface area (Å²) < 4.78 is 127. The molecule has 0 atom stereocenters. The van der Waals surface area contributed by atoms with E-state index in [1.165, 1.54) is 0 Å². The molecule has 1 aliphatic carbocycles. The van der Waals surface area contributed by atoms with Crippen LogP contribution in [0.25, 0.3) is 0 Å². The van der Waals surface area contributed by atoms with Crippen LogP contribution in [0.2, 0.25) is 0 Å². The van der Waals surface area contributed by atoms with E-state index in [2.05, 4.69) is 4.74 Å². The summed E-state index contributed by atoms with van der Waals surface area (Å²) in [5, 5.41) is 0. The van der Waals surface area contributed by atoms with Crippen LogP contribution in [-0.2, 0) is 12.3 Å². The quantitative estimate of drug-likeness (QED) is 0.429. The van der Waals surface area contributed by atoms with Gasteiger partial charge in [-0.05, 0) is 36.3 Å². The summed E-state index contributed by atoms with van der Waals surface area (Å²) >= 11 is 0. The Kier molecular flexibility index (Phi) is 6.21. The average Bonchev–Trinajstić information content (AvgIpc) is 2.62. The Morgan fingerprint density at radius 1 is 0.806 bits per heavy atom. The van der Waals surface area contributed by atoms with Gasteiger partial charge in [0.1, 0.15) is 28.5 Å². The second-order valence-corrected chi connectivity index (χ2v) is 7.67. The number of benzene rings is 2. The predicted molar refractivity (Wildman–Crippen MR) is 92.6 cm³/mol. The Hall–Kier alpha value is -2.39. The lowest BCUT2D eigenvalue weighted by Crippen LogP contribution is -2.25. The van der Waals surface area contributed by atoms with Crippen molar-refractivity contribution < 1.29 is 44.3 Å². The number of rotatable bonds is 4. The number of alkyl halides is 5. The van der Waals surface area contributed by atoms with Crippen LogP contribution in [0.5, 0.6) is 5.75 Å². The van der Waals surface area contributed by atoms with E-state index in [0.29, 0.717) is 24.8 Å². The third kappa shape index (κ3) is 4.77. The van der Waals surface area contributed by atoms with Crippen molar-refractivity contribution in [3.8, 4) is 5.75 Å². The van der Waals surface area contributed by atoms with Gasteiger partial charge in [-0.25, -0.2) is 17.6 Å². The first-order valence-corrected chi connectivity index (χ1v) is 9.42. The van der Waals surface area contributed by atoms with E-state index in [0.717, 1.165) is 18.9 Å². The first-order chi connectivity index (χ1) is 14.3. The van der Waals surface area contributed by atoms with Crippen molar-refractivity contribution in [2.45, 2.75) is 50.8 Å². The highest BCUT2D eigenvalue weighted by atomic mass is 19.4. The highest BCUT2D eigenvalue weighted by Crippen LogP contribution is 2.41. The third-order valence-corrected chi connectivity index (χ3v) is 5.43. The van der Waals surface area contributed by atoms with Crippen LogP contribution < -0.4 is 4.74 Å². The standard InChI is InChI=1S/C21H17F9O/c1-10-2-4-11(5-3-10)13-6-7-14(19(25)18(13)24)21(29,30)31-12-8-15(22)17(16(23)9-12)20(26,27)28/h6-11H,2-5H2,1H3. The van der Waals surface area contributed by atoms with Crippen LogP contribution >= 0.6 is 0 Å².